The Balaban J connectivity index is 2.20. The van der Waals surface area contributed by atoms with Crippen LogP contribution in [-0.2, 0) is 4.79 Å². The highest BCUT2D eigenvalue weighted by molar-refractivity contribution is 6.30. The van der Waals surface area contributed by atoms with Gasteiger partial charge in [0.2, 0.25) is 0 Å². The van der Waals surface area contributed by atoms with Crippen molar-refractivity contribution in [3.05, 3.63) is 29.3 Å². The molecule has 0 bridgehead atoms. The molecule has 1 aromatic rings. The fourth-order valence-electron chi connectivity index (χ4n) is 1.50. The van der Waals surface area contributed by atoms with Gasteiger partial charge < -0.3 is 9.84 Å². The Morgan fingerprint density at radius 3 is 2.44 bits per heavy atom. The molecular formula is C14H19ClO3. The Morgan fingerprint density at radius 2 is 1.89 bits per heavy atom. The summed E-state index contributed by atoms with van der Waals surface area (Å²) in [5, 5.41) is 9.64. The maximum Gasteiger partial charge on any atom is 0.309 e. The van der Waals surface area contributed by atoms with Gasteiger partial charge in [-0.05, 0) is 57.4 Å². The van der Waals surface area contributed by atoms with Crippen molar-refractivity contribution in [2.45, 2.75) is 33.1 Å². The highest BCUT2D eigenvalue weighted by atomic mass is 35.5. The number of rotatable bonds is 7. The van der Waals surface area contributed by atoms with E-state index in [9.17, 15) is 4.79 Å². The molecule has 0 aliphatic carbocycles. The lowest BCUT2D eigenvalue weighted by Gasteiger charge is -2.18. The smallest absolute Gasteiger partial charge is 0.309 e. The third-order valence-electron chi connectivity index (χ3n) is 2.86. The zero-order valence-electron chi connectivity index (χ0n) is 10.8. The third-order valence-corrected chi connectivity index (χ3v) is 3.11. The van der Waals surface area contributed by atoms with Crippen molar-refractivity contribution in [3.63, 3.8) is 0 Å². The molecule has 0 aromatic heterocycles. The first-order valence-corrected chi connectivity index (χ1v) is 6.41. The Morgan fingerprint density at radius 1 is 1.28 bits per heavy atom. The van der Waals surface area contributed by atoms with Crippen molar-refractivity contribution < 1.29 is 14.6 Å². The lowest BCUT2D eigenvalue weighted by molar-refractivity contribution is -0.147. The molecule has 3 nitrogen and oxygen atoms in total. The highest BCUT2D eigenvalue weighted by Crippen LogP contribution is 2.23. The average molecular weight is 271 g/mol. The largest absolute Gasteiger partial charge is 0.494 e. The van der Waals surface area contributed by atoms with E-state index in [1.165, 1.54) is 0 Å². The van der Waals surface area contributed by atoms with E-state index < -0.39 is 11.4 Å². The van der Waals surface area contributed by atoms with Crippen LogP contribution in [0.1, 0.15) is 33.1 Å². The van der Waals surface area contributed by atoms with Gasteiger partial charge in [0.1, 0.15) is 5.75 Å². The Labute approximate surface area is 113 Å². The molecule has 0 aliphatic heterocycles. The van der Waals surface area contributed by atoms with E-state index in [4.69, 9.17) is 21.4 Å². The molecule has 0 amide bonds. The number of carboxylic acid groups (broad SMARTS) is 1. The summed E-state index contributed by atoms with van der Waals surface area (Å²) in [6.45, 7) is 4.09. The minimum absolute atomic E-state index is 0.595. The molecule has 1 aromatic carbocycles. The average Bonchev–Trinajstić information content (AvgIpc) is 2.31. The zero-order chi connectivity index (χ0) is 13.6. The van der Waals surface area contributed by atoms with Crippen molar-refractivity contribution in [3.8, 4) is 5.75 Å². The summed E-state index contributed by atoms with van der Waals surface area (Å²) in [5.41, 5.74) is -0.653. The second-order valence-corrected chi connectivity index (χ2v) is 5.38. The van der Waals surface area contributed by atoms with E-state index in [0.717, 1.165) is 18.6 Å². The van der Waals surface area contributed by atoms with Crippen LogP contribution in [0.5, 0.6) is 5.75 Å². The number of carboxylic acids is 1. The fourth-order valence-corrected chi connectivity index (χ4v) is 1.62. The number of carbonyl (C=O) groups is 1. The highest BCUT2D eigenvalue weighted by Gasteiger charge is 2.25. The van der Waals surface area contributed by atoms with Gasteiger partial charge in [-0.1, -0.05) is 11.6 Å². The lowest BCUT2D eigenvalue weighted by Crippen LogP contribution is -2.23. The molecule has 18 heavy (non-hydrogen) atoms. The van der Waals surface area contributed by atoms with Crippen LogP contribution in [0.3, 0.4) is 0 Å². The molecule has 1 N–H and O–H groups in total. The summed E-state index contributed by atoms with van der Waals surface area (Å²) in [4.78, 5) is 10.9. The van der Waals surface area contributed by atoms with Crippen LogP contribution in [0.2, 0.25) is 5.02 Å². The third kappa shape index (κ3) is 4.96. The molecule has 0 atom stereocenters. The van der Waals surface area contributed by atoms with E-state index in [-0.39, 0.29) is 0 Å². The predicted octanol–water partition coefficient (Wildman–Crippen LogP) is 4.00. The van der Waals surface area contributed by atoms with Crippen LogP contribution in [-0.4, -0.2) is 17.7 Å². The first-order valence-electron chi connectivity index (χ1n) is 6.03. The molecule has 4 heteroatoms. The van der Waals surface area contributed by atoms with Gasteiger partial charge in [-0.15, -0.1) is 0 Å². The predicted molar refractivity (Wildman–Crippen MR) is 72.2 cm³/mol. The van der Waals surface area contributed by atoms with Gasteiger partial charge in [0.25, 0.3) is 0 Å². The van der Waals surface area contributed by atoms with Crippen LogP contribution in [0.4, 0.5) is 0 Å². The molecule has 0 fully saturated rings. The van der Waals surface area contributed by atoms with E-state index >= 15 is 0 Å². The molecule has 0 spiro atoms. The maximum atomic E-state index is 10.9. The summed E-state index contributed by atoms with van der Waals surface area (Å²) >= 11 is 5.76. The molecular weight excluding hydrogens is 252 g/mol. The summed E-state index contributed by atoms with van der Waals surface area (Å²) in [5.74, 6) is 0.0398. The van der Waals surface area contributed by atoms with Gasteiger partial charge in [-0.25, -0.2) is 0 Å². The topological polar surface area (TPSA) is 46.5 Å². The number of benzene rings is 1. The van der Waals surface area contributed by atoms with Crippen molar-refractivity contribution in [2.24, 2.45) is 5.41 Å². The standard InChI is InChI=1S/C14H19ClO3/c1-14(2,13(16)17)9-3-4-10-18-12-7-5-11(15)6-8-12/h5-8H,3-4,9-10H2,1-2H3,(H,16,17). The lowest BCUT2D eigenvalue weighted by atomic mass is 9.87. The summed E-state index contributed by atoms with van der Waals surface area (Å²) < 4.78 is 5.53. The van der Waals surface area contributed by atoms with Gasteiger partial charge in [0.05, 0.1) is 12.0 Å². The van der Waals surface area contributed by atoms with Crippen LogP contribution in [0, 0.1) is 5.41 Å². The molecule has 100 valence electrons. The SMILES string of the molecule is CC(C)(CCCCOc1ccc(Cl)cc1)C(=O)O. The van der Waals surface area contributed by atoms with Gasteiger partial charge in [0, 0.05) is 5.02 Å². The van der Waals surface area contributed by atoms with Gasteiger partial charge in [0.15, 0.2) is 0 Å². The van der Waals surface area contributed by atoms with Gasteiger partial charge in [-0.3, -0.25) is 4.79 Å². The van der Waals surface area contributed by atoms with Crippen molar-refractivity contribution in [1.29, 1.82) is 0 Å². The van der Waals surface area contributed by atoms with E-state index in [0.29, 0.717) is 18.1 Å². The van der Waals surface area contributed by atoms with Gasteiger partial charge >= 0.3 is 5.97 Å². The van der Waals surface area contributed by atoms with Crippen molar-refractivity contribution >= 4 is 17.6 Å². The normalized spacial score (nSPS) is 11.3. The second-order valence-electron chi connectivity index (χ2n) is 4.95. The van der Waals surface area contributed by atoms with E-state index in [1.54, 1.807) is 26.0 Å². The second kappa shape index (κ2) is 6.64. The number of ether oxygens (including phenoxy) is 1. The summed E-state index contributed by atoms with van der Waals surface area (Å²) in [6.07, 6.45) is 2.35. The first-order chi connectivity index (χ1) is 8.42. The minimum atomic E-state index is -0.749. The van der Waals surface area contributed by atoms with Crippen LogP contribution >= 0.6 is 11.6 Å². The van der Waals surface area contributed by atoms with Crippen LogP contribution in [0.25, 0.3) is 0 Å². The fraction of sp³-hybridized carbons (Fsp3) is 0.500. The Bertz CT molecular complexity index is 385. The number of hydrogen-bond donors (Lipinski definition) is 1. The van der Waals surface area contributed by atoms with Gasteiger partial charge in [-0.2, -0.15) is 0 Å². The maximum absolute atomic E-state index is 10.9. The molecule has 1 rings (SSSR count). The van der Waals surface area contributed by atoms with Crippen LogP contribution in [0.15, 0.2) is 24.3 Å². The number of unbranched alkanes of at least 4 members (excludes halogenated alkanes) is 1. The molecule has 0 saturated heterocycles. The van der Waals surface area contributed by atoms with Crippen molar-refractivity contribution in [1.82, 2.24) is 0 Å². The zero-order valence-corrected chi connectivity index (χ0v) is 11.5. The summed E-state index contributed by atoms with van der Waals surface area (Å²) in [6, 6.07) is 7.21. The molecule has 0 unspecified atom stereocenters. The van der Waals surface area contributed by atoms with Crippen LogP contribution < -0.4 is 4.74 Å². The number of halogens is 1. The van der Waals surface area contributed by atoms with E-state index in [2.05, 4.69) is 0 Å². The summed E-state index contributed by atoms with van der Waals surface area (Å²) in [7, 11) is 0. The minimum Gasteiger partial charge on any atom is -0.494 e. The molecule has 0 saturated carbocycles. The number of hydrogen-bond acceptors (Lipinski definition) is 2. The monoisotopic (exact) mass is 270 g/mol. The van der Waals surface area contributed by atoms with E-state index in [1.807, 2.05) is 12.1 Å². The van der Waals surface area contributed by atoms with Crippen molar-refractivity contribution in [2.75, 3.05) is 6.61 Å². The molecule has 0 radical (unpaired) electrons. The number of aliphatic carboxylic acids is 1. The Hall–Kier alpha value is -1.22. The molecule has 0 aliphatic rings. The Kier molecular flexibility index (Phi) is 5.48. The quantitative estimate of drug-likeness (QED) is 0.762. The molecule has 0 heterocycles. The first kappa shape index (κ1) is 14.8.